The molecule has 0 aliphatic heterocycles. The Kier molecular flexibility index (Phi) is 2.41. The van der Waals surface area contributed by atoms with E-state index in [4.69, 9.17) is 21.8 Å². The molecule has 0 atom stereocenters. The largest absolute Gasteiger partial charge is 0.436 e. The zero-order chi connectivity index (χ0) is 11.8. The Bertz CT molecular complexity index is 640. The van der Waals surface area contributed by atoms with Crippen molar-refractivity contribution in [3.63, 3.8) is 0 Å². The van der Waals surface area contributed by atoms with Gasteiger partial charge in [0.15, 0.2) is 5.58 Å². The van der Waals surface area contributed by atoms with Crippen molar-refractivity contribution in [1.29, 1.82) is 0 Å². The van der Waals surface area contributed by atoms with Crippen molar-refractivity contribution in [2.45, 2.75) is 12.8 Å². The number of oxazole rings is 1. The topological polar surface area (TPSA) is 52.0 Å². The molecule has 1 aromatic carbocycles. The van der Waals surface area contributed by atoms with Gasteiger partial charge in [-0.3, -0.25) is 0 Å². The van der Waals surface area contributed by atoms with E-state index < -0.39 is 0 Å². The van der Waals surface area contributed by atoms with E-state index in [0.29, 0.717) is 11.6 Å². The van der Waals surface area contributed by atoms with E-state index in [1.807, 2.05) is 30.4 Å². The molecule has 3 rings (SSSR count). The zero-order valence-electron chi connectivity index (χ0n) is 9.11. The van der Waals surface area contributed by atoms with Crippen LogP contribution in [0.2, 0.25) is 0 Å². The lowest BCUT2D eigenvalue weighted by Gasteiger charge is -2.06. The zero-order valence-corrected chi connectivity index (χ0v) is 9.87. The van der Waals surface area contributed by atoms with Crippen LogP contribution in [-0.4, -0.2) is 4.98 Å². The van der Waals surface area contributed by atoms with Crippen LogP contribution in [0.25, 0.3) is 16.7 Å². The van der Waals surface area contributed by atoms with Crippen LogP contribution in [0.5, 0.6) is 0 Å². The van der Waals surface area contributed by atoms with Crippen LogP contribution in [-0.2, 0) is 0 Å². The highest BCUT2D eigenvalue weighted by atomic mass is 35.5. The van der Waals surface area contributed by atoms with E-state index in [2.05, 4.69) is 4.98 Å². The molecule has 1 aliphatic carbocycles. The van der Waals surface area contributed by atoms with Crippen LogP contribution >= 0.6 is 11.6 Å². The van der Waals surface area contributed by atoms with Crippen molar-refractivity contribution < 1.29 is 4.42 Å². The molecule has 0 spiro atoms. The summed E-state index contributed by atoms with van der Waals surface area (Å²) in [5.41, 5.74) is 9.03. The quantitative estimate of drug-likeness (QED) is 0.781. The number of fused-ring (bicyclic) bond motifs is 1. The summed E-state index contributed by atoms with van der Waals surface area (Å²) in [5, 5.41) is 0.870. The molecule has 0 bridgehead atoms. The average molecular weight is 247 g/mol. The van der Waals surface area contributed by atoms with Crippen LogP contribution in [0.3, 0.4) is 0 Å². The molecular formula is C13H11ClN2O. The maximum Gasteiger partial charge on any atom is 0.223 e. The molecule has 86 valence electrons. The summed E-state index contributed by atoms with van der Waals surface area (Å²) in [6, 6.07) is 5.46. The lowest BCUT2D eigenvalue weighted by atomic mass is 10.1. The lowest BCUT2D eigenvalue weighted by molar-refractivity contribution is 0.580. The third kappa shape index (κ3) is 1.94. The second-order valence-electron chi connectivity index (χ2n) is 4.05. The highest BCUT2D eigenvalue weighted by molar-refractivity contribution is 6.29. The third-order valence-corrected chi connectivity index (χ3v) is 3.10. The fourth-order valence-electron chi connectivity index (χ4n) is 1.87. The van der Waals surface area contributed by atoms with E-state index in [0.717, 1.165) is 34.5 Å². The van der Waals surface area contributed by atoms with Crippen LogP contribution < -0.4 is 5.73 Å². The number of aromatic nitrogens is 1. The van der Waals surface area contributed by atoms with Crippen molar-refractivity contribution in [2.24, 2.45) is 0 Å². The normalized spacial score (nSPS) is 15.8. The number of nitrogens with zero attached hydrogens (tertiary/aromatic N) is 1. The second kappa shape index (κ2) is 3.93. The van der Waals surface area contributed by atoms with Gasteiger partial charge >= 0.3 is 0 Å². The molecular weight excluding hydrogens is 236 g/mol. The number of allylic oxidation sites excluding steroid dienone is 4. The Hall–Kier alpha value is -1.74. The van der Waals surface area contributed by atoms with Crippen LogP contribution in [0.15, 0.2) is 39.8 Å². The maximum absolute atomic E-state index is 5.92. The van der Waals surface area contributed by atoms with Gasteiger partial charge in [-0.15, -0.1) is 0 Å². The summed E-state index contributed by atoms with van der Waals surface area (Å²) in [6.45, 7) is 0. The molecule has 4 heteroatoms. The Morgan fingerprint density at radius 1 is 1.24 bits per heavy atom. The molecule has 1 aliphatic rings. The van der Waals surface area contributed by atoms with E-state index in [-0.39, 0.29) is 0 Å². The average Bonchev–Trinajstić information content (AvgIpc) is 2.72. The summed E-state index contributed by atoms with van der Waals surface area (Å²) < 4.78 is 5.69. The predicted octanol–water partition coefficient (Wildman–Crippen LogP) is 3.71. The van der Waals surface area contributed by atoms with Gasteiger partial charge in [-0.25, -0.2) is 4.98 Å². The minimum Gasteiger partial charge on any atom is -0.436 e. The van der Waals surface area contributed by atoms with Gasteiger partial charge in [-0.2, -0.15) is 0 Å². The fraction of sp³-hybridized carbons (Fsp3) is 0.154. The number of benzene rings is 1. The third-order valence-electron chi connectivity index (χ3n) is 2.78. The molecule has 0 amide bonds. The molecule has 0 saturated heterocycles. The Morgan fingerprint density at radius 3 is 2.88 bits per heavy atom. The first-order valence-electron chi connectivity index (χ1n) is 5.44. The summed E-state index contributed by atoms with van der Waals surface area (Å²) in [4.78, 5) is 4.43. The summed E-state index contributed by atoms with van der Waals surface area (Å²) >= 11 is 5.92. The molecule has 3 nitrogen and oxygen atoms in total. The lowest BCUT2D eigenvalue weighted by Crippen LogP contribution is -1.90. The highest BCUT2D eigenvalue weighted by Crippen LogP contribution is 2.30. The van der Waals surface area contributed by atoms with E-state index in [1.54, 1.807) is 0 Å². The molecule has 17 heavy (non-hydrogen) atoms. The van der Waals surface area contributed by atoms with Crippen molar-refractivity contribution in [3.05, 3.63) is 41.3 Å². The first-order chi connectivity index (χ1) is 8.22. The maximum atomic E-state index is 5.92. The van der Waals surface area contributed by atoms with Crippen molar-refractivity contribution in [2.75, 3.05) is 5.73 Å². The van der Waals surface area contributed by atoms with Gasteiger partial charge in [0, 0.05) is 16.3 Å². The number of anilines is 1. The molecule has 0 saturated carbocycles. The highest BCUT2D eigenvalue weighted by Gasteiger charge is 2.13. The Morgan fingerprint density at radius 2 is 2.12 bits per heavy atom. The molecule has 1 heterocycles. The SMILES string of the molecule is Nc1ccc2oc(C3=CC=C(Cl)CC3)nc2c1. The molecule has 0 unspecified atom stereocenters. The monoisotopic (exact) mass is 246 g/mol. The molecule has 0 fully saturated rings. The minimum absolute atomic E-state index is 0.658. The number of nitrogens with two attached hydrogens (primary N) is 1. The van der Waals surface area contributed by atoms with Gasteiger partial charge in [-0.05, 0) is 37.1 Å². The fourth-order valence-corrected chi connectivity index (χ4v) is 2.03. The number of nitrogen functional groups attached to an aromatic ring is 1. The van der Waals surface area contributed by atoms with Crippen LogP contribution in [0.1, 0.15) is 18.7 Å². The van der Waals surface area contributed by atoms with Crippen LogP contribution in [0, 0.1) is 0 Å². The van der Waals surface area contributed by atoms with E-state index in [1.165, 1.54) is 0 Å². The van der Waals surface area contributed by atoms with Gasteiger partial charge in [0.2, 0.25) is 5.89 Å². The summed E-state index contributed by atoms with van der Waals surface area (Å²) in [5.74, 6) is 0.658. The number of hydrogen-bond donors (Lipinski definition) is 1. The molecule has 1 aromatic heterocycles. The van der Waals surface area contributed by atoms with E-state index in [9.17, 15) is 0 Å². The number of rotatable bonds is 1. The molecule has 2 aromatic rings. The standard InChI is InChI=1S/C13H11ClN2O/c14-9-3-1-8(2-4-9)13-16-11-7-10(15)5-6-12(11)17-13/h1,3,5-7H,2,4,15H2. The molecule has 0 radical (unpaired) electrons. The van der Waals surface area contributed by atoms with E-state index >= 15 is 0 Å². The van der Waals surface area contributed by atoms with Crippen LogP contribution in [0.4, 0.5) is 5.69 Å². The molecule has 2 N–H and O–H groups in total. The summed E-state index contributed by atoms with van der Waals surface area (Å²) in [7, 11) is 0. The van der Waals surface area contributed by atoms with Gasteiger partial charge < -0.3 is 10.2 Å². The Balaban J connectivity index is 2.07. The van der Waals surface area contributed by atoms with Gasteiger partial charge in [-0.1, -0.05) is 17.7 Å². The first kappa shape index (κ1) is 10.4. The number of halogens is 1. The number of hydrogen-bond acceptors (Lipinski definition) is 3. The van der Waals surface area contributed by atoms with Gasteiger partial charge in [0.1, 0.15) is 5.52 Å². The first-order valence-corrected chi connectivity index (χ1v) is 5.82. The van der Waals surface area contributed by atoms with Gasteiger partial charge in [0.25, 0.3) is 0 Å². The van der Waals surface area contributed by atoms with Crippen molar-refractivity contribution in [1.82, 2.24) is 4.98 Å². The predicted molar refractivity (Wildman–Crippen MR) is 69.6 cm³/mol. The van der Waals surface area contributed by atoms with Gasteiger partial charge in [0.05, 0.1) is 0 Å². The smallest absolute Gasteiger partial charge is 0.223 e. The Labute approximate surface area is 104 Å². The van der Waals surface area contributed by atoms with Crippen molar-refractivity contribution >= 4 is 34.0 Å². The summed E-state index contributed by atoms with van der Waals surface area (Å²) in [6.07, 6.45) is 5.55. The minimum atomic E-state index is 0.658. The van der Waals surface area contributed by atoms with Crippen molar-refractivity contribution in [3.8, 4) is 0 Å². The second-order valence-corrected chi connectivity index (χ2v) is 4.54.